The molecule has 4 N–H and O–H groups in total. The number of nitrogens with one attached hydrogen (secondary N) is 1. The Hall–Kier alpha value is -2.33. The number of carbonyl (C=O) groups excluding carboxylic acids is 1. The maximum absolute atomic E-state index is 12.2. The third-order valence-corrected chi connectivity index (χ3v) is 3.27. The van der Waals surface area contributed by atoms with Crippen LogP contribution in [0.15, 0.2) is 42.5 Å². The monoisotopic (exact) mass is 270 g/mol. The third-order valence-electron chi connectivity index (χ3n) is 3.27. The SMILES string of the molecule is Cc1c(N)cccc1C(=O)Nc1ccc([C@@H](C)O)cc1. The molecule has 0 aromatic heterocycles. The van der Waals surface area contributed by atoms with Crippen LogP contribution in [0.2, 0.25) is 0 Å². The summed E-state index contributed by atoms with van der Waals surface area (Å²) in [5.41, 5.74) is 9.22. The lowest BCUT2D eigenvalue weighted by Gasteiger charge is -2.10. The first kappa shape index (κ1) is 14.1. The van der Waals surface area contributed by atoms with Crippen LogP contribution in [0.3, 0.4) is 0 Å². The molecule has 2 aromatic carbocycles. The van der Waals surface area contributed by atoms with Crippen molar-refractivity contribution in [3.05, 3.63) is 59.2 Å². The van der Waals surface area contributed by atoms with Crippen molar-refractivity contribution >= 4 is 17.3 Å². The summed E-state index contributed by atoms with van der Waals surface area (Å²) in [6, 6.07) is 12.4. The molecule has 0 aliphatic heterocycles. The summed E-state index contributed by atoms with van der Waals surface area (Å²) in [6.45, 7) is 3.52. The van der Waals surface area contributed by atoms with E-state index in [1.54, 1.807) is 49.4 Å². The fourth-order valence-corrected chi connectivity index (χ4v) is 1.94. The molecule has 0 spiro atoms. The van der Waals surface area contributed by atoms with Gasteiger partial charge in [0.2, 0.25) is 0 Å². The van der Waals surface area contributed by atoms with Crippen LogP contribution < -0.4 is 11.1 Å². The molecule has 0 heterocycles. The van der Waals surface area contributed by atoms with E-state index >= 15 is 0 Å². The van der Waals surface area contributed by atoms with Crippen LogP contribution in [-0.4, -0.2) is 11.0 Å². The van der Waals surface area contributed by atoms with E-state index in [0.717, 1.165) is 11.1 Å². The van der Waals surface area contributed by atoms with Gasteiger partial charge in [-0.3, -0.25) is 4.79 Å². The summed E-state index contributed by atoms with van der Waals surface area (Å²) in [6.07, 6.45) is -0.518. The van der Waals surface area contributed by atoms with Crippen LogP contribution in [0.4, 0.5) is 11.4 Å². The molecule has 0 saturated carbocycles. The van der Waals surface area contributed by atoms with Gasteiger partial charge in [-0.05, 0) is 49.2 Å². The number of nitrogen functional groups attached to an aromatic ring is 1. The van der Waals surface area contributed by atoms with Gasteiger partial charge in [0.1, 0.15) is 0 Å². The van der Waals surface area contributed by atoms with E-state index in [4.69, 9.17) is 5.73 Å². The third kappa shape index (κ3) is 2.97. The van der Waals surface area contributed by atoms with E-state index in [9.17, 15) is 9.90 Å². The first-order valence-corrected chi connectivity index (χ1v) is 6.43. The number of hydrogen-bond donors (Lipinski definition) is 3. The van der Waals surface area contributed by atoms with Crippen molar-refractivity contribution in [1.82, 2.24) is 0 Å². The van der Waals surface area contributed by atoms with Crippen LogP contribution in [0, 0.1) is 6.92 Å². The van der Waals surface area contributed by atoms with Crippen LogP contribution in [0.25, 0.3) is 0 Å². The van der Waals surface area contributed by atoms with Crippen LogP contribution >= 0.6 is 0 Å². The fourth-order valence-electron chi connectivity index (χ4n) is 1.94. The molecule has 0 fully saturated rings. The maximum Gasteiger partial charge on any atom is 0.256 e. The van der Waals surface area contributed by atoms with Gasteiger partial charge < -0.3 is 16.2 Å². The summed E-state index contributed by atoms with van der Waals surface area (Å²) in [7, 11) is 0. The van der Waals surface area contributed by atoms with Crippen LogP contribution in [0.1, 0.15) is 34.5 Å². The normalized spacial score (nSPS) is 11.9. The quantitative estimate of drug-likeness (QED) is 0.751. The smallest absolute Gasteiger partial charge is 0.256 e. The molecular weight excluding hydrogens is 252 g/mol. The number of aliphatic hydroxyl groups is 1. The zero-order chi connectivity index (χ0) is 14.7. The van der Waals surface area contributed by atoms with Gasteiger partial charge in [-0.25, -0.2) is 0 Å². The Bertz CT molecular complexity index is 619. The Labute approximate surface area is 118 Å². The molecule has 0 aliphatic carbocycles. The predicted octanol–water partition coefficient (Wildman–Crippen LogP) is 2.88. The zero-order valence-corrected chi connectivity index (χ0v) is 11.6. The molecule has 0 unspecified atom stereocenters. The fraction of sp³-hybridized carbons (Fsp3) is 0.188. The number of carbonyl (C=O) groups is 1. The minimum atomic E-state index is -0.518. The molecule has 0 radical (unpaired) electrons. The number of benzene rings is 2. The molecule has 0 bridgehead atoms. The van der Waals surface area contributed by atoms with E-state index < -0.39 is 6.10 Å². The molecule has 2 aromatic rings. The van der Waals surface area contributed by atoms with Gasteiger partial charge >= 0.3 is 0 Å². The van der Waals surface area contributed by atoms with Gasteiger partial charge in [0, 0.05) is 16.9 Å². The molecular formula is C16H18N2O2. The van der Waals surface area contributed by atoms with Gasteiger partial charge in [0.25, 0.3) is 5.91 Å². The number of amides is 1. The molecule has 2 rings (SSSR count). The molecule has 1 amide bonds. The summed E-state index contributed by atoms with van der Waals surface area (Å²) in [5, 5.41) is 12.3. The van der Waals surface area contributed by atoms with Gasteiger partial charge in [0.15, 0.2) is 0 Å². The summed E-state index contributed by atoms with van der Waals surface area (Å²) in [5.74, 6) is -0.195. The molecule has 4 nitrogen and oxygen atoms in total. The maximum atomic E-state index is 12.2. The van der Waals surface area contributed by atoms with Gasteiger partial charge in [0.05, 0.1) is 6.10 Å². The van der Waals surface area contributed by atoms with Crippen molar-refractivity contribution in [2.45, 2.75) is 20.0 Å². The Kier molecular flexibility index (Phi) is 4.05. The first-order chi connectivity index (χ1) is 9.49. The predicted molar refractivity (Wildman–Crippen MR) is 80.6 cm³/mol. The largest absolute Gasteiger partial charge is 0.398 e. The highest BCUT2D eigenvalue weighted by Gasteiger charge is 2.11. The average molecular weight is 270 g/mol. The zero-order valence-electron chi connectivity index (χ0n) is 11.6. The number of aliphatic hydroxyl groups excluding tert-OH is 1. The number of nitrogens with two attached hydrogens (primary N) is 1. The van der Waals surface area contributed by atoms with Crippen molar-refractivity contribution in [1.29, 1.82) is 0 Å². The van der Waals surface area contributed by atoms with Gasteiger partial charge in [-0.15, -0.1) is 0 Å². The lowest BCUT2D eigenvalue weighted by Crippen LogP contribution is -2.14. The molecule has 4 heteroatoms. The van der Waals surface area contributed by atoms with Crippen molar-refractivity contribution < 1.29 is 9.90 Å². The second kappa shape index (κ2) is 5.75. The highest BCUT2D eigenvalue weighted by molar-refractivity contribution is 6.06. The molecule has 1 atom stereocenters. The minimum Gasteiger partial charge on any atom is -0.398 e. The Morgan fingerprint density at radius 2 is 1.85 bits per heavy atom. The summed E-state index contributed by atoms with van der Waals surface area (Å²) < 4.78 is 0. The van der Waals surface area contributed by atoms with Crippen molar-refractivity contribution in [3.63, 3.8) is 0 Å². The summed E-state index contributed by atoms with van der Waals surface area (Å²) in [4.78, 5) is 12.2. The van der Waals surface area contributed by atoms with Crippen molar-refractivity contribution in [2.24, 2.45) is 0 Å². The van der Waals surface area contributed by atoms with Crippen molar-refractivity contribution in [3.8, 4) is 0 Å². The lowest BCUT2D eigenvalue weighted by molar-refractivity contribution is 0.102. The number of rotatable bonds is 3. The van der Waals surface area contributed by atoms with Gasteiger partial charge in [-0.1, -0.05) is 18.2 Å². The van der Waals surface area contributed by atoms with E-state index in [1.807, 2.05) is 6.92 Å². The standard InChI is InChI=1S/C16H18N2O2/c1-10-14(4-3-5-15(10)17)16(20)18-13-8-6-12(7-9-13)11(2)19/h3-9,11,19H,17H2,1-2H3,(H,18,20)/t11-/m1/s1. The molecule has 0 aliphatic rings. The Morgan fingerprint density at radius 3 is 2.45 bits per heavy atom. The van der Waals surface area contributed by atoms with Gasteiger partial charge in [-0.2, -0.15) is 0 Å². The van der Waals surface area contributed by atoms with E-state index in [1.165, 1.54) is 0 Å². The second-order valence-corrected chi connectivity index (χ2v) is 4.77. The Morgan fingerprint density at radius 1 is 1.20 bits per heavy atom. The van der Waals surface area contributed by atoms with Crippen LogP contribution in [0.5, 0.6) is 0 Å². The first-order valence-electron chi connectivity index (χ1n) is 6.43. The average Bonchev–Trinajstić information content (AvgIpc) is 2.42. The highest BCUT2D eigenvalue weighted by Crippen LogP contribution is 2.19. The highest BCUT2D eigenvalue weighted by atomic mass is 16.3. The molecule has 104 valence electrons. The van der Waals surface area contributed by atoms with E-state index in [-0.39, 0.29) is 5.91 Å². The van der Waals surface area contributed by atoms with Crippen LogP contribution in [-0.2, 0) is 0 Å². The molecule has 20 heavy (non-hydrogen) atoms. The lowest BCUT2D eigenvalue weighted by atomic mass is 10.1. The van der Waals surface area contributed by atoms with Crippen molar-refractivity contribution in [2.75, 3.05) is 11.1 Å². The minimum absolute atomic E-state index is 0.195. The number of hydrogen-bond acceptors (Lipinski definition) is 3. The number of anilines is 2. The second-order valence-electron chi connectivity index (χ2n) is 4.77. The van der Waals surface area contributed by atoms with E-state index in [0.29, 0.717) is 16.9 Å². The summed E-state index contributed by atoms with van der Waals surface area (Å²) >= 11 is 0. The Balaban J connectivity index is 2.17. The van der Waals surface area contributed by atoms with E-state index in [2.05, 4.69) is 5.32 Å². The molecule has 0 saturated heterocycles. The topological polar surface area (TPSA) is 75.4 Å².